The highest BCUT2D eigenvalue weighted by atomic mass is 32.2. The molecule has 0 saturated carbocycles. The lowest BCUT2D eigenvalue weighted by molar-refractivity contribution is -0.118. The zero-order valence-electron chi connectivity index (χ0n) is 21.2. The molecule has 1 heterocycles. The number of thioether (sulfide) groups is 1. The van der Waals surface area contributed by atoms with Gasteiger partial charge >= 0.3 is 0 Å². The van der Waals surface area contributed by atoms with Gasteiger partial charge in [0.05, 0.1) is 26.2 Å². The van der Waals surface area contributed by atoms with Crippen LogP contribution in [0, 0.1) is 0 Å². The van der Waals surface area contributed by atoms with E-state index in [9.17, 15) is 4.79 Å². The Kier molecular flexibility index (Phi) is 8.58. The van der Waals surface area contributed by atoms with Crippen molar-refractivity contribution in [1.29, 1.82) is 0 Å². The molecule has 0 atom stereocenters. The van der Waals surface area contributed by atoms with Crippen molar-refractivity contribution in [2.24, 2.45) is 5.10 Å². The SMILES string of the molecule is COc1ccc(-c2nnc(SCC(=O)N/N=C\c3ccc(C(C)C)cc3)n2-c2ccc(OC)cc2)cc1. The highest BCUT2D eigenvalue weighted by Crippen LogP contribution is 2.29. The summed E-state index contributed by atoms with van der Waals surface area (Å²) in [7, 11) is 3.25. The predicted octanol–water partition coefficient (Wildman–Crippen LogP) is 5.32. The monoisotopic (exact) mass is 515 g/mol. The van der Waals surface area contributed by atoms with Crippen LogP contribution in [0.2, 0.25) is 0 Å². The second-order valence-corrected chi connectivity index (χ2v) is 9.41. The number of hydrogen-bond acceptors (Lipinski definition) is 7. The van der Waals surface area contributed by atoms with Crippen LogP contribution in [0.5, 0.6) is 11.5 Å². The summed E-state index contributed by atoms with van der Waals surface area (Å²) in [5.74, 6) is 2.50. The van der Waals surface area contributed by atoms with Crippen LogP contribution in [0.25, 0.3) is 17.1 Å². The molecule has 190 valence electrons. The number of nitrogens with one attached hydrogen (secondary N) is 1. The fraction of sp³-hybridized carbons (Fsp3) is 0.214. The lowest BCUT2D eigenvalue weighted by Crippen LogP contribution is -2.20. The Hall–Kier alpha value is -4.11. The molecule has 8 nitrogen and oxygen atoms in total. The van der Waals surface area contributed by atoms with Crippen molar-refractivity contribution in [3.63, 3.8) is 0 Å². The van der Waals surface area contributed by atoms with Crippen molar-refractivity contribution in [2.45, 2.75) is 24.9 Å². The Labute approximate surface area is 220 Å². The highest BCUT2D eigenvalue weighted by Gasteiger charge is 2.17. The largest absolute Gasteiger partial charge is 0.497 e. The molecule has 1 N–H and O–H groups in total. The van der Waals surface area contributed by atoms with E-state index in [1.54, 1.807) is 20.4 Å². The molecule has 4 rings (SSSR count). The molecule has 3 aromatic carbocycles. The van der Waals surface area contributed by atoms with E-state index in [2.05, 4.69) is 46.7 Å². The quantitative estimate of drug-likeness (QED) is 0.175. The Balaban J connectivity index is 1.49. The topological polar surface area (TPSA) is 90.6 Å². The average molecular weight is 516 g/mol. The molecule has 0 aliphatic heterocycles. The van der Waals surface area contributed by atoms with E-state index in [0.29, 0.717) is 16.9 Å². The van der Waals surface area contributed by atoms with Crippen LogP contribution in [0.4, 0.5) is 0 Å². The van der Waals surface area contributed by atoms with E-state index in [4.69, 9.17) is 9.47 Å². The van der Waals surface area contributed by atoms with Gasteiger partial charge in [0.15, 0.2) is 11.0 Å². The zero-order valence-corrected chi connectivity index (χ0v) is 22.0. The summed E-state index contributed by atoms with van der Waals surface area (Å²) < 4.78 is 12.5. The fourth-order valence-corrected chi connectivity index (χ4v) is 4.31. The number of ether oxygens (including phenoxy) is 2. The van der Waals surface area contributed by atoms with Crippen LogP contribution >= 0.6 is 11.8 Å². The number of hydrazone groups is 1. The van der Waals surface area contributed by atoms with E-state index in [1.807, 2.05) is 65.2 Å². The van der Waals surface area contributed by atoms with Gasteiger partial charge in [-0.05, 0) is 65.6 Å². The maximum atomic E-state index is 12.5. The molecule has 4 aromatic rings. The van der Waals surface area contributed by atoms with Crippen molar-refractivity contribution in [2.75, 3.05) is 20.0 Å². The van der Waals surface area contributed by atoms with Crippen molar-refractivity contribution < 1.29 is 14.3 Å². The lowest BCUT2D eigenvalue weighted by Gasteiger charge is -2.11. The van der Waals surface area contributed by atoms with E-state index in [1.165, 1.54) is 17.3 Å². The number of rotatable bonds is 10. The third kappa shape index (κ3) is 6.56. The maximum absolute atomic E-state index is 12.5. The lowest BCUT2D eigenvalue weighted by atomic mass is 10.0. The van der Waals surface area contributed by atoms with Gasteiger partial charge in [-0.25, -0.2) is 5.43 Å². The summed E-state index contributed by atoms with van der Waals surface area (Å²) in [4.78, 5) is 12.5. The van der Waals surface area contributed by atoms with E-state index in [0.717, 1.165) is 28.3 Å². The van der Waals surface area contributed by atoms with Crippen molar-refractivity contribution in [3.05, 3.63) is 83.9 Å². The summed E-state index contributed by atoms with van der Waals surface area (Å²) in [5, 5.41) is 13.5. The van der Waals surface area contributed by atoms with Gasteiger partial charge in [-0.3, -0.25) is 9.36 Å². The molecule has 1 amide bonds. The van der Waals surface area contributed by atoms with Gasteiger partial charge in [-0.15, -0.1) is 10.2 Å². The Bertz CT molecular complexity index is 1350. The van der Waals surface area contributed by atoms with Crippen molar-refractivity contribution in [3.8, 4) is 28.6 Å². The second kappa shape index (κ2) is 12.2. The molecule has 0 unspecified atom stereocenters. The molecule has 0 radical (unpaired) electrons. The molecular formula is C28H29N5O3S. The van der Waals surface area contributed by atoms with E-state index in [-0.39, 0.29) is 11.7 Å². The second-order valence-electron chi connectivity index (χ2n) is 8.47. The number of amides is 1. The molecule has 0 fully saturated rings. The van der Waals surface area contributed by atoms with Crippen LogP contribution < -0.4 is 14.9 Å². The molecule has 0 spiro atoms. The summed E-state index contributed by atoms with van der Waals surface area (Å²) in [6.45, 7) is 4.30. The predicted molar refractivity (Wildman–Crippen MR) is 147 cm³/mol. The van der Waals surface area contributed by atoms with E-state index < -0.39 is 0 Å². The number of benzene rings is 3. The van der Waals surface area contributed by atoms with Gasteiger partial charge in [-0.2, -0.15) is 5.10 Å². The minimum absolute atomic E-state index is 0.126. The number of nitrogens with zero attached hydrogens (tertiary/aromatic N) is 4. The Morgan fingerprint density at radius 1 is 0.946 bits per heavy atom. The maximum Gasteiger partial charge on any atom is 0.250 e. The van der Waals surface area contributed by atoms with Crippen molar-refractivity contribution >= 4 is 23.9 Å². The molecule has 0 aliphatic rings. The first-order valence-corrected chi connectivity index (χ1v) is 12.8. The number of aromatic nitrogens is 3. The number of carbonyl (C=O) groups excluding carboxylic acids is 1. The van der Waals surface area contributed by atoms with Crippen LogP contribution in [0.1, 0.15) is 30.9 Å². The summed E-state index contributed by atoms with van der Waals surface area (Å²) >= 11 is 1.28. The molecule has 0 aliphatic carbocycles. The van der Waals surface area contributed by atoms with Crippen LogP contribution in [0.15, 0.2) is 83.1 Å². The molecule has 9 heteroatoms. The number of methoxy groups -OCH3 is 2. The highest BCUT2D eigenvalue weighted by molar-refractivity contribution is 7.99. The number of hydrogen-bond donors (Lipinski definition) is 1. The zero-order chi connectivity index (χ0) is 26.2. The van der Waals surface area contributed by atoms with Crippen LogP contribution in [-0.4, -0.2) is 46.9 Å². The molecule has 0 saturated heterocycles. The molecular weight excluding hydrogens is 486 g/mol. The van der Waals surface area contributed by atoms with Gasteiger partial charge < -0.3 is 9.47 Å². The van der Waals surface area contributed by atoms with Gasteiger partial charge in [0.2, 0.25) is 0 Å². The third-order valence-electron chi connectivity index (χ3n) is 5.65. The summed E-state index contributed by atoms with van der Waals surface area (Å²) in [5.41, 5.74) is 6.48. The first-order valence-electron chi connectivity index (χ1n) is 11.8. The first-order chi connectivity index (χ1) is 18.0. The first kappa shape index (κ1) is 26.0. The standard InChI is InChI=1S/C28H29N5O3S/c1-19(2)21-7-5-20(6-8-21)17-29-30-26(34)18-37-28-32-31-27(22-9-13-24(35-3)14-10-22)33(28)23-11-15-25(36-4)16-12-23/h5-17,19H,18H2,1-4H3,(H,30,34)/b29-17-. The van der Waals surface area contributed by atoms with Gasteiger partial charge in [0.1, 0.15) is 11.5 Å². The van der Waals surface area contributed by atoms with Gasteiger partial charge in [-0.1, -0.05) is 49.9 Å². The molecule has 0 bridgehead atoms. The average Bonchev–Trinajstić information content (AvgIpc) is 3.36. The third-order valence-corrected chi connectivity index (χ3v) is 6.58. The van der Waals surface area contributed by atoms with Crippen LogP contribution in [-0.2, 0) is 4.79 Å². The van der Waals surface area contributed by atoms with E-state index >= 15 is 0 Å². The summed E-state index contributed by atoms with van der Waals surface area (Å²) in [6.07, 6.45) is 1.63. The normalized spacial score (nSPS) is 11.2. The minimum atomic E-state index is -0.240. The Morgan fingerprint density at radius 2 is 1.57 bits per heavy atom. The van der Waals surface area contributed by atoms with Gasteiger partial charge in [0.25, 0.3) is 5.91 Å². The van der Waals surface area contributed by atoms with Crippen LogP contribution in [0.3, 0.4) is 0 Å². The Morgan fingerprint density at radius 3 is 2.16 bits per heavy atom. The number of carbonyl (C=O) groups is 1. The summed E-state index contributed by atoms with van der Waals surface area (Å²) in [6, 6.07) is 23.3. The molecule has 37 heavy (non-hydrogen) atoms. The fourth-order valence-electron chi connectivity index (χ4n) is 3.56. The van der Waals surface area contributed by atoms with Crippen molar-refractivity contribution in [1.82, 2.24) is 20.2 Å². The van der Waals surface area contributed by atoms with Gasteiger partial charge in [0, 0.05) is 11.3 Å². The minimum Gasteiger partial charge on any atom is -0.497 e. The molecule has 1 aromatic heterocycles. The smallest absolute Gasteiger partial charge is 0.250 e.